The van der Waals surface area contributed by atoms with Crippen molar-refractivity contribution in [1.82, 2.24) is 5.32 Å². The number of hydrogen-bond donors (Lipinski definition) is 1. The van der Waals surface area contributed by atoms with E-state index in [-0.39, 0.29) is 12.0 Å². The lowest BCUT2D eigenvalue weighted by Crippen LogP contribution is -2.43. The molecule has 0 unspecified atom stereocenters. The number of carbonyl (C=O) groups is 2. The number of halogens is 3. The van der Waals surface area contributed by atoms with Gasteiger partial charge in [0.25, 0.3) is 5.91 Å². The third kappa shape index (κ3) is 5.07. The average molecular weight is 376 g/mol. The summed E-state index contributed by atoms with van der Waals surface area (Å²) in [7, 11) is 1.15. The highest BCUT2D eigenvalue weighted by Crippen LogP contribution is 2.29. The van der Waals surface area contributed by atoms with Crippen LogP contribution in [-0.2, 0) is 22.1 Å². The minimum Gasteiger partial charge on any atom is -0.467 e. The molecule has 2 aromatic rings. The summed E-state index contributed by atoms with van der Waals surface area (Å²) in [4.78, 5) is 24.3. The molecule has 0 radical (unpaired) electrons. The number of methoxy groups -OCH3 is 1. The van der Waals surface area contributed by atoms with Crippen molar-refractivity contribution in [3.63, 3.8) is 0 Å². The van der Waals surface area contributed by atoms with E-state index in [1.165, 1.54) is 0 Å². The van der Waals surface area contributed by atoms with Crippen molar-refractivity contribution in [2.24, 2.45) is 0 Å². The second-order valence-electron chi connectivity index (χ2n) is 5.60. The summed E-state index contributed by atoms with van der Waals surface area (Å²) in [5, 5.41) is 11.6. The second kappa shape index (κ2) is 8.36. The van der Waals surface area contributed by atoms with Crippen LogP contribution in [0, 0.1) is 11.3 Å². The van der Waals surface area contributed by atoms with Crippen LogP contribution < -0.4 is 5.32 Å². The molecule has 0 aromatic heterocycles. The Hall–Kier alpha value is -3.34. The zero-order valence-electron chi connectivity index (χ0n) is 14.2. The topological polar surface area (TPSA) is 79.2 Å². The number of alkyl halides is 3. The molecular formula is C19H15F3N2O3. The number of benzene rings is 2. The Balaban J connectivity index is 2.19. The monoisotopic (exact) mass is 376 g/mol. The number of ether oxygens (including phenoxy) is 1. The smallest absolute Gasteiger partial charge is 0.416 e. The maximum Gasteiger partial charge on any atom is 0.416 e. The Bertz CT molecular complexity index is 871. The van der Waals surface area contributed by atoms with E-state index < -0.39 is 29.7 Å². The molecule has 5 nitrogen and oxygen atoms in total. The molecule has 0 heterocycles. The van der Waals surface area contributed by atoms with Gasteiger partial charge >= 0.3 is 12.1 Å². The van der Waals surface area contributed by atoms with Crippen LogP contribution >= 0.6 is 0 Å². The quantitative estimate of drug-likeness (QED) is 0.814. The molecule has 2 rings (SSSR count). The third-order valence-electron chi connectivity index (χ3n) is 3.83. The van der Waals surface area contributed by atoms with Crippen LogP contribution in [0.15, 0.2) is 48.5 Å². The molecule has 140 valence electrons. The molecule has 0 spiro atoms. The lowest BCUT2D eigenvalue weighted by molar-refractivity contribution is -0.142. The molecule has 1 N–H and O–H groups in total. The van der Waals surface area contributed by atoms with Gasteiger partial charge in [-0.15, -0.1) is 0 Å². The molecular weight excluding hydrogens is 361 g/mol. The van der Waals surface area contributed by atoms with Crippen molar-refractivity contribution in [3.05, 3.63) is 70.8 Å². The molecule has 27 heavy (non-hydrogen) atoms. The Morgan fingerprint density at radius 1 is 1.15 bits per heavy atom. The van der Waals surface area contributed by atoms with Gasteiger partial charge < -0.3 is 10.1 Å². The first-order valence-electron chi connectivity index (χ1n) is 7.80. The summed E-state index contributed by atoms with van der Waals surface area (Å²) in [6.45, 7) is 0. The van der Waals surface area contributed by atoms with Gasteiger partial charge in [0.15, 0.2) is 0 Å². The van der Waals surface area contributed by atoms with Crippen molar-refractivity contribution >= 4 is 11.9 Å². The minimum absolute atomic E-state index is 0.00276. The van der Waals surface area contributed by atoms with E-state index >= 15 is 0 Å². The average Bonchev–Trinajstić information content (AvgIpc) is 2.66. The molecule has 1 amide bonds. The van der Waals surface area contributed by atoms with Crippen LogP contribution in [-0.4, -0.2) is 25.0 Å². The first-order chi connectivity index (χ1) is 12.8. The number of nitrogens with one attached hydrogen (secondary N) is 1. The number of nitrogens with zero attached hydrogens (tertiary/aromatic N) is 1. The van der Waals surface area contributed by atoms with E-state index in [4.69, 9.17) is 5.26 Å². The Morgan fingerprint density at radius 2 is 1.78 bits per heavy atom. The normalized spacial score (nSPS) is 12.0. The summed E-state index contributed by atoms with van der Waals surface area (Å²) in [6, 6.07) is 11.1. The number of carbonyl (C=O) groups excluding carboxylic acids is 2. The Kier molecular flexibility index (Phi) is 6.19. The van der Waals surface area contributed by atoms with Crippen molar-refractivity contribution in [3.8, 4) is 6.07 Å². The van der Waals surface area contributed by atoms with E-state index in [0.29, 0.717) is 11.1 Å². The number of esters is 1. The predicted octanol–water partition coefficient (Wildman–Crippen LogP) is 3.09. The van der Waals surface area contributed by atoms with Crippen molar-refractivity contribution in [2.45, 2.75) is 18.6 Å². The van der Waals surface area contributed by atoms with Gasteiger partial charge in [0.05, 0.1) is 24.3 Å². The van der Waals surface area contributed by atoms with Crippen molar-refractivity contribution in [2.75, 3.05) is 7.11 Å². The molecule has 2 aromatic carbocycles. The first kappa shape index (κ1) is 20.0. The summed E-state index contributed by atoms with van der Waals surface area (Å²) in [5.74, 6) is -1.46. The number of rotatable bonds is 5. The van der Waals surface area contributed by atoms with Gasteiger partial charge in [0.1, 0.15) is 6.04 Å². The van der Waals surface area contributed by atoms with Gasteiger partial charge in [-0.3, -0.25) is 4.79 Å². The SMILES string of the molecule is COC(=O)[C@@H](Cc1ccccc1C#N)NC(=O)c1ccc(C(F)(F)F)cc1. The van der Waals surface area contributed by atoms with Crippen LogP contribution in [0.25, 0.3) is 0 Å². The number of hydrogen-bond acceptors (Lipinski definition) is 4. The van der Waals surface area contributed by atoms with E-state index in [0.717, 1.165) is 31.4 Å². The van der Waals surface area contributed by atoms with Gasteiger partial charge in [-0.1, -0.05) is 18.2 Å². The maximum atomic E-state index is 12.6. The first-order valence-corrected chi connectivity index (χ1v) is 7.80. The Morgan fingerprint density at radius 3 is 2.33 bits per heavy atom. The fourth-order valence-corrected chi connectivity index (χ4v) is 2.42. The summed E-state index contributed by atoms with van der Waals surface area (Å²) >= 11 is 0. The van der Waals surface area contributed by atoms with Gasteiger partial charge in [-0.05, 0) is 35.9 Å². The highest BCUT2D eigenvalue weighted by atomic mass is 19.4. The van der Waals surface area contributed by atoms with E-state index in [1.807, 2.05) is 6.07 Å². The predicted molar refractivity (Wildman–Crippen MR) is 89.6 cm³/mol. The van der Waals surface area contributed by atoms with Gasteiger partial charge in [0, 0.05) is 12.0 Å². The van der Waals surface area contributed by atoms with Crippen molar-refractivity contribution in [1.29, 1.82) is 5.26 Å². The molecule has 8 heteroatoms. The second-order valence-corrected chi connectivity index (χ2v) is 5.60. The lowest BCUT2D eigenvalue weighted by atomic mass is 10.0. The molecule has 0 fully saturated rings. The molecule has 0 bridgehead atoms. The number of amides is 1. The zero-order valence-corrected chi connectivity index (χ0v) is 14.2. The molecule has 0 aliphatic heterocycles. The van der Waals surface area contributed by atoms with Crippen LogP contribution in [0.5, 0.6) is 0 Å². The fraction of sp³-hybridized carbons (Fsp3) is 0.211. The molecule has 0 aliphatic carbocycles. The molecule has 0 saturated heterocycles. The molecule has 0 saturated carbocycles. The van der Waals surface area contributed by atoms with Gasteiger partial charge in [-0.25, -0.2) is 4.79 Å². The fourth-order valence-electron chi connectivity index (χ4n) is 2.42. The largest absolute Gasteiger partial charge is 0.467 e. The van der Waals surface area contributed by atoms with E-state index in [2.05, 4.69) is 10.1 Å². The van der Waals surface area contributed by atoms with Crippen LogP contribution in [0.4, 0.5) is 13.2 Å². The van der Waals surface area contributed by atoms with Crippen molar-refractivity contribution < 1.29 is 27.5 Å². The summed E-state index contributed by atoms with van der Waals surface area (Å²) in [5.41, 5.74) is -0.0460. The number of nitriles is 1. The van der Waals surface area contributed by atoms with Crippen LogP contribution in [0.3, 0.4) is 0 Å². The zero-order chi connectivity index (χ0) is 20.0. The highest BCUT2D eigenvalue weighted by Gasteiger charge is 2.30. The summed E-state index contributed by atoms with van der Waals surface area (Å²) in [6.07, 6.45) is -4.51. The minimum atomic E-state index is -4.51. The van der Waals surface area contributed by atoms with E-state index in [1.54, 1.807) is 24.3 Å². The Labute approximate surface area is 153 Å². The lowest BCUT2D eigenvalue weighted by Gasteiger charge is -2.17. The highest BCUT2D eigenvalue weighted by molar-refractivity contribution is 5.96. The maximum absolute atomic E-state index is 12.6. The van der Waals surface area contributed by atoms with Gasteiger partial charge in [0.2, 0.25) is 0 Å². The molecule has 0 aliphatic rings. The molecule has 1 atom stereocenters. The third-order valence-corrected chi connectivity index (χ3v) is 3.83. The van der Waals surface area contributed by atoms with Crippen LogP contribution in [0.2, 0.25) is 0 Å². The standard InChI is InChI=1S/C19H15F3N2O3/c1-27-18(26)16(10-13-4-2-3-5-14(13)11-23)24-17(25)12-6-8-15(9-7-12)19(20,21)22/h2-9,16H,10H2,1H3,(H,24,25)/t16-/m1/s1. The van der Waals surface area contributed by atoms with Crippen LogP contribution in [0.1, 0.15) is 27.0 Å². The van der Waals surface area contributed by atoms with Gasteiger partial charge in [-0.2, -0.15) is 18.4 Å². The summed E-state index contributed by atoms with van der Waals surface area (Å²) < 4.78 is 42.5. The van der Waals surface area contributed by atoms with E-state index in [9.17, 15) is 22.8 Å².